The van der Waals surface area contributed by atoms with Gasteiger partial charge in [-0.1, -0.05) is 42.5 Å². The van der Waals surface area contributed by atoms with E-state index in [1.807, 2.05) is 35.0 Å². The van der Waals surface area contributed by atoms with Gasteiger partial charge in [0.05, 0.1) is 18.8 Å². The molecule has 2 heterocycles. The van der Waals surface area contributed by atoms with Gasteiger partial charge in [0, 0.05) is 26.2 Å². The number of aromatic nitrogens is 4. The number of rotatable bonds is 5. The zero-order valence-electron chi connectivity index (χ0n) is 14.5. The number of hydrogen-bond acceptors (Lipinski definition) is 5. The van der Waals surface area contributed by atoms with Gasteiger partial charge in [0.1, 0.15) is 5.82 Å². The van der Waals surface area contributed by atoms with E-state index in [2.05, 4.69) is 37.5 Å². The van der Waals surface area contributed by atoms with Crippen LogP contribution in [0.2, 0.25) is 0 Å². The van der Waals surface area contributed by atoms with Crippen LogP contribution in [0.5, 0.6) is 0 Å². The highest BCUT2D eigenvalue weighted by atomic mass is 19.1. The molecule has 0 aliphatic carbocycles. The van der Waals surface area contributed by atoms with Crippen LogP contribution in [0, 0.1) is 5.82 Å². The maximum absolute atomic E-state index is 14.0. The Morgan fingerprint density at radius 1 is 0.846 bits per heavy atom. The van der Waals surface area contributed by atoms with Crippen molar-refractivity contribution in [2.75, 3.05) is 31.1 Å². The van der Waals surface area contributed by atoms with Gasteiger partial charge < -0.3 is 4.90 Å². The maximum Gasteiger partial charge on any atom is 0.165 e. The molecule has 1 saturated heterocycles. The first-order valence-electron chi connectivity index (χ1n) is 8.80. The van der Waals surface area contributed by atoms with Gasteiger partial charge in [-0.15, -0.1) is 5.10 Å². The van der Waals surface area contributed by atoms with Crippen molar-refractivity contribution >= 4 is 5.69 Å². The quantitative estimate of drug-likeness (QED) is 0.704. The Labute approximate surface area is 151 Å². The first kappa shape index (κ1) is 16.7. The summed E-state index contributed by atoms with van der Waals surface area (Å²) in [7, 11) is 0. The van der Waals surface area contributed by atoms with E-state index in [1.165, 1.54) is 11.6 Å². The minimum absolute atomic E-state index is 0.159. The van der Waals surface area contributed by atoms with Crippen LogP contribution in [0.4, 0.5) is 10.1 Å². The summed E-state index contributed by atoms with van der Waals surface area (Å²) in [5, 5.41) is 12.1. The van der Waals surface area contributed by atoms with E-state index >= 15 is 0 Å². The SMILES string of the molecule is Fc1ccccc1N1CCN(Cc2nnnn2Cc2ccccc2)CC1. The third kappa shape index (κ3) is 3.72. The zero-order chi connectivity index (χ0) is 17.8. The zero-order valence-corrected chi connectivity index (χ0v) is 14.5. The summed E-state index contributed by atoms with van der Waals surface area (Å²) in [5.74, 6) is 0.695. The number of anilines is 1. The lowest BCUT2D eigenvalue weighted by atomic mass is 10.2. The number of halogens is 1. The van der Waals surface area contributed by atoms with E-state index in [9.17, 15) is 4.39 Å². The standard InChI is InChI=1S/C19H21FN6/c20-17-8-4-5-9-18(17)25-12-10-24(11-13-25)15-19-21-22-23-26(19)14-16-6-2-1-3-7-16/h1-9H,10-15H2. The van der Waals surface area contributed by atoms with Crippen LogP contribution < -0.4 is 4.90 Å². The average molecular weight is 352 g/mol. The number of para-hydroxylation sites is 1. The summed E-state index contributed by atoms with van der Waals surface area (Å²) in [5.41, 5.74) is 1.85. The van der Waals surface area contributed by atoms with Crippen LogP contribution in [0.25, 0.3) is 0 Å². The van der Waals surface area contributed by atoms with Crippen LogP contribution in [-0.4, -0.2) is 51.3 Å². The molecule has 1 aromatic heterocycles. The van der Waals surface area contributed by atoms with Crippen molar-refractivity contribution in [1.82, 2.24) is 25.1 Å². The topological polar surface area (TPSA) is 50.1 Å². The molecule has 0 N–H and O–H groups in total. The molecule has 0 saturated carbocycles. The normalized spacial score (nSPS) is 15.3. The molecule has 1 aliphatic heterocycles. The molecule has 1 fully saturated rings. The monoisotopic (exact) mass is 352 g/mol. The lowest BCUT2D eigenvalue weighted by Gasteiger charge is -2.35. The number of benzene rings is 2. The van der Waals surface area contributed by atoms with Gasteiger partial charge in [-0.25, -0.2) is 9.07 Å². The van der Waals surface area contributed by atoms with Crippen molar-refractivity contribution in [1.29, 1.82) is 0 Å². The highest BCUT2D eigenvalue weighted by Gasteiger charge is 2.21. The highest BCUT2D eigenvalue weighted by molar-refractivity contribution is 5.47. The molecule has 134 valence electrons. The Morgan fingerprint density at radius 3 is 2.35 bits per heavy atom. The predicted octanol–water partition coefficient (Wildman–Crippen LogP) is 2.18. The van der Waals surface area contributed by atoms with Crippen LogP contribution in [0.3, 0.4) is 0 Å². The summed E-state index contributed by atoms with van der Waals surface area (Å²) in [6.45, 7) is 4.66. The van der Waals surface area contributed by atoms with Crippen molar-refractivity contribution < 1.29 is 4.39 Å². The van der Waals surface area contributed by atoms with Gasteiger partial charge in [0.25, 0.3) is 0 Å². The molecule has 7 heteroatoms. The van der Waals surface area contributed by atoms with Gasteiger partial charge in [0.15, 0.2) is 5.82 Å². The fraction of sp³-hybridized carbons (Fsp3) is 0.316. The lowest BCUT2D eigenvalue weighted by molar-refractivity contribution is 0.239. The Hall–Kier alpha value is -2.80. The van der Waals surface area contributed by atoms with Crippen LogP contribution >= 0.6 is 0 Å². The predicted molar refractivity (Wildman–Crippen MR) is 97.3 cm³/mol. The van der Waals surface area contributed by atoms with E-state index in [0.29, 0.717) is 18.8 Å². The molecular formula is C19H21FN6. The molecule has 6 nitrogen and oxygen atoms in total. The summed E-state index contributed by atoms with van der Waals surface area (Å²) in [6, 6.07) is 17.1. The fourth-order valence-electron chi connectivity index (χ4n) is 3.27. The molecule has 3 aromatic rings. The second-order valence-corrected chi connectivity index (χ2v) is 6.45. The molecule has 1 aliphatic rings. The van der Waals surface area contributed by atoms with Crippen molar-refractivity contribution in [2.24, 2.45) is 0 Å². The van der Waals surface area contributed by atoms with Gasteiger partial charge >= 0.3 is 0 Å². The first-order valence-corrected chi connectivity index (χ1v) is 8.80. The first-order chi connectivity index (χ1) is 12.8. The van der Waals surface area contributed by atoms with Crippen molar-refractivity contribution in [3.05, 3.63) is 71.8 Å². The molecule has 0 unspecified atom stereocenters. The van der Waals surface area contributed by atoms with Gasteiger partial charge in [-0.05, 0) is 28.1 Å². The minimum Gasteiger partial charge on any atom is -0.367 e. The van der Waals surface area contributed by atoms with E-state index < -0.39 is 0 Å². The summed E-state index contributed by atoms with van der Waals surface area (Å²) < 4.78 is 15.8. The van der Waals surface area contributed by atoms with E-state index in [-0.39, 0.29) is 5.82 Å². The number of nitrogens with zero attached hydrogens (tertiary/aromatic N) is 6. The van der Waals surface area contributed by atoms with Gasteiger partial charge in [-0.3, -0.25) is 4.90 Å². The molecular weight excluding hydrogens is 331 g/mol. The third-order valence-corrected chi connectivity index (χ3v) is 4.71. The van der Waals surface area contributed by atoms with Crippen LogP contribution in [0.1, 0.15) is 11.4 Å². The Kier molecular flexibility index (Phi) is 4.88. The summed E-state index contributed by atoms with van der Waals surface area (Å²) in [6.07, 6.45) is 0. The molecule has 26 heavy (non-hydrogen) atoms. The number of hydrogen-bond donors (Lipinski definition) is 0. The molecule has 0 radical (unpaired) electrons. The van der Waals surface area contributed by atoms with Gasteiger partial charge in [0.2, 0.25) is 0 Å². The second kappa shape index (κ2) is 7.61. The van der Waals surface area contributed by atoms with Crippen molar-refractivity contribution in [3.8, 4) is 0 Å². The van der Waals surface area contributed by atoms with E-state index in [1.54, 1.807) is 6.07 Å². The van der Waals surface area contributed by atoms with Crippen LogP contribution in [0.15, 0.2) is 54.6 Å². The van der Waals surface area contributed by atoms with Crippen LogP contribution in [-0.2, 0) is 13.1 Å². The highest BCUT2D eigenvalue weighted by Crippen LogP contribution is 2.20. The number of tetrazole rings is 1. The molecule has 4 rings (SSSR count). The second-order valence-electron chi connectivity index (χ2n) is 6.45. The average Bonchev–Trinajstić information content (AvgIpc) is 3.10. The maximum atomic E-state index is 14.0. The Balaban J connectivity index is 1.37. The fourth-order valence-corrected chi connectivity index (χ4v) is 3.27. The molecule has 0 amide bonds. The Morgan fingerprint density at radius 2 is 1.58 bits per heavy atom. The summed E-state index contributed by atoms with van der Waals surface area (Å²) in [4.78, 5) is 4.41. The molecule has 0 bridgehead atoms. The van der Waals surface area contributed by atoms with E-state index in [0.717, 1.165) is 32.0 Å². The smallest absolute Gasteiger partial charge is 0.165 e. The minimum atomic E-state index is -0.159. The molecule has 0 spiro atoms. The lowest BCUT2D eigenvalue weighted by Crippen LogP contribution is -2.46. The number of piperazine rings is 1. The largest absolute Gasteiger partial charge is 0.367 e. The molecule has 2 aromatic carbocycles. The van der Waals surface area contributed by atoms with E-state index in [4.69, 9.17) is 0 Å². The van der Waals surface area contributed by atoms with Gasteiger partial charge in [-0.2, -0.15) is 0 Å². The third-order valence-electron chi connectivity index (χ3n) is 4.71. The summed E-state index contributed by atoms with van der Waals surface area (Å²) >= 11 is 0. The molecule has 0 atom stereocenters. The van der Waals surface area contributed by atoms with Crippen molar-refractivity contribution in [3.63, 3.8) is 0 Å². The van der Waals surface area contributed by atoms with Crippen molar-refractivity contribution in [2.45, 2.75) is 13.1 Å². The Bertz CT molecular complexity index is 842.